The summed E-state index contributed by atoms with van der Waals surface area (Å²) in [6, 6.07) is 14.9. The number of nitrogens with one attached hydrogen (secondary N) is 1. The summed E-state index contributed by atoms with van der Waals surface area (Å²) in [6.07, 6.45) is 0.869. The van der Waals surface area contributed by atoms with Gasteiger partial charge in [0.05, 0.1) is 25.4 Å². The van der Waals surface area contributed by atoms with Crippen LogP contribution in [-0.2, 0) is 9.53 Å². The molecule has 2 aromatic heterocycles. The number of anilines is 1. The number of aromatic nitrogens is 6. The number of tetrazole rings is 1. The Labute approximate surface area is 239 Å². The summed E-state index contributed by atoms with van der Waals surface area (Å²) in [6.45, 7) is 6.99. The van der Waals surface area contributed by atoms with Crippen molar-refractivity contribution in [1.29, 1.82) is 0 Å². The molecule has 40 heavy (non-hydrogen) atoms. The molecule has 0 saturated heterocycles. The standard InChI is InChI=1S/C27H29N7O4S2/c1-4-14-38-20-13-12-18(15-21(20)36-5-2)23-22(25(35)37-6-3)19(28-26-30-32-33-34(23)26)16-39-27-31-29-24(40-27)17-10-8-7-9-11-17/h7-13,15,23H,4-6,14,16H2,1-3H3,(H,28,30,33). The number of benzene rings is 2. The van der Waals surface area contributed by atoms with Crippen LogP contribution in [-0.4, -0.2) is 61.9 Å². The normalized spacial score (nSPS) is 14.4. The second-order valence-electron chi connectivity index (χ2n) is 8.60. The van der Waals surface area contributed by atoms with Crippen LogP contribution >= 0.6 is 23.1 Å². The lowest BCUT2D eigenvalue weighted by Gasteiger charge is -2.29. The molecule has 1 aliphatic heterocycles. The van der Waals surface area contributed by atoms with E-state index in [0.29, 0.717) is 47.7 Å². The van der Waals surface area contributed by atoms with Crippen molar-refractivity contribution in [3.05, 3.63) is 65.4 Å². The highest BCUT2D eigenvalue weighted by Gasteiger charge is 2.37. The molecule has 0 fully saturated rings. The topological polar surface area (TPSA) is 126 Å². The molecule has 0 radical (unpaired) electrons. The quantitative estimate of drug-likeness (QED) is 0.180. The molecule has 0 bridgehead atoms. The number of hydrogen-bond acceptors (Lipinski definition) is 12. The highest BCUT2D eigenvalue weighted by atomic mass is 32.2. The molecule has 11 nitrogen and oxygen atoms in total. The van der Waals surface area contributed by atoms with Crippen LogP contribution in [0.2, 0.25) is 0 Å². The van der Waals surface area contributed by atoms with Gasteiger partial charge in [-0.2, -0.15) is 4.68 Å². The SMILES string of the molecule is CCCOc1ccc(C2C(C(=O)OCC)=C(CSc3nnc(-c4ccccc4)s3)Nc3nnnn32)cc1OCC. The summed E-state index contributed by atoms with van der Waals surface area (Å²) >= 11 is 2.97. The first-order valence-corrected chi connectivity index (χ1v) is 14.8. The van der Waals surface area contributed by atoms with Gasteiger partial charge < -0.3 is 19.5 Å². The van der Waals surface area contributed by atoms with E-state index in [-0.39, 0.29) is 6.61 Å². The van der Waals surface area contributed by atoms with Gasteiger partial charge in [0.15, 0.2) is 15.8 Å². The second-order valence-corrected chi connectivity index (χ2v) is 10.8. The van der Waals surface area contributed by atoms with Crippen molar-refractivity contribution < 1.29 is 19.0 Å². The zero-order chi connectivity index (χ0) is 27.9. The number of nitrogens with zero attached hydrogens (tertiary/aromatic N) is 6. The molecular weight excluding hydrogens is 550 g/mol. The number of carbonyl (C=O) groups excluding carboxylic acids is 1. The minimum absolute atomic E-state index is 0.225. The maximum absolute atomic E-state index is 13.5. The smallest absolute Gasteiger partial charge is 0.338 e. The van der Waals surface area contributed by atoms with Crippen molar-refractivity contribution in [3.63, 3.8) is 0 Å². The predicted octanol–water partition coefficient (Wildman–Crippen LogP) is 5.00. The Morgan fingerprint density at radius 2 is 1.88 bits per heavy atom. The van der Waals surface area contributed by atoms with E-state index >= 15 is 0 Å². The number of esters is 1. The molecule has 1 atom stereocenters. The summed E-state index contributed by atoms with van der Waals surface area (Å²) in [4.78, 5) is 13.5. The molecule has 5 rings (SSSR count). The van der Waals surface area contributed by atoms with E-state index < -0.39 is 12.0 Å². The van der Waals surface area contributed by atoms with Crippen LogP contribution in [0.1, 0.15) is 38.8 Å². The molecule has 2 aromatic carbocycles. The van der Waals surface area contributed by atoms with Crippen molar-refractivity contribution >= 4 is 35.0 Å². The van der Waals surface area contributed by atoms with Crippen molar-refractivity contribution in [2.24, 2.45) is 0 Å². The van der Waals surface area contributed by atoms with Crippen molar-refractivity contribution in [2.45, 2.75) is 37.6 Å². The fourth-order valence-corrected chi connectivity index (χ4v) is 6.02. The summed E-state index contributed by atoms with van der Waals surface area (Å²) in [7, 11) is 0. The largest absolute Gasteiger partial charge is 0.490 e. The predicted molar refractivity (Wildman–Crippen MR) is 153 cm³/mol. The average Bonchev–Trinajstić information content (AvgIpc) is 3.65. The van der Waals surface area contributed by atoms with Gasteiger partial charge in [0, 0.05) is 17.0 Å². The Hall–Kier alpha value is -3.97. The van der Waals surface area contributed by atoms with Gasteiger partial charge in [0.1, 0.15) is 11.0 Å². The van der Waals surface area contributed by atoms with E-state index in [1.807, 2.05) is 62.4 Å². The molecule has 208 valence electrons. The van der Waals surface area contributed by atoms with Gasteiger partial charge in [-0.15, -0.1) is 10.2 Å². The third-order valence-corrected chi connectivity index (χ3v) is 8.04. The Kier molecular flexibility index (Phi) is 8.91. The van der Waals surface area contributed by atoms with Gasteiger partial charge in [-0.3, -0.25) is 0 Å². The Morgan fingerprint density at radius 1 is 1.02 bits per heavy atom. The molecule has 0 amide bonds. The number of rotatable bonds is 12. The minimum atomic E-state index is -0.644. The van der Waals surface area contributed by atoms with Crippen molar-refractivity contribution in [2.75, 3.05) is 30.9 Å². The molecule has 3 heterocycles. The van der Waals surface area contributed by atoms with Crippen LogP contribution in [0.25, 0.3) is 10.6 Å². The zero-order valence-electron chi connectivity index (χ0n) is 22.4. The fourth-order valence-electron chi connectivity index (χ4n) is 4.20. The van der Waals surface area contributed by atoms with Crippen LogP contribution in [0.4, 0.5) is 5.95 Å². The maximum atomic E-state index is 13.5. The van der Waals surface area contributed by atoms with Crippen LogP contribution in [0.3, 0.4) is 0 Å². The molecular formula is C27H29N7O4S2. The van der Waals surface area contributed by atoms with Crippen LogP contribution < -0.4 is 14.8 Å². The van der Waals surface area contributed by atoms with Gasteiger partial charge >= 0.3 is 5.97 Å². The van der Waals surface area contributed by atoms with E-state index in [0.717, 1.165) is 26.9 Å². The number of ether oxygens (including phenoxy) is 3. The first-order chi connectivity index (χ1) is 19.6. The van der Waals surface area contributed by atoms with Crippen molar-refractivity contribution in [1.82, 2.24) is 30.4 Å². The van der Waals surface area contributed by atoms with Gasteiger partial charge in [-0.25, -0.2) is 4.79 Å². The van der Waals surface area contributed by atoms with E-state index in [2.05, 4.69) is 31.0 Å². The molecule has 0 saturated carbocycles. The number of hydrogen-bond donors (Lipinski definition) is 1. The molecule has 1 unspecified atom stereocenters. The van der Waals surface area contributed by atoms with Gasteiger partial charge in [0.2, 0.25) is 5.95 Å². The Morgan fingerprint density at radius 3 is 2.65 bits per heavy atom. The van der Waals surface area contributed by atoms with Crippen LogP contribution in [0.5, 0.6) is 11.5 Å². The monoisotopic (exact) mass is 579 g/mol. The van der Waals surface area contributed by atoms with Crippen LogP contribution in [0, 0.1) is 0 Å². The minimum Gasteiger partial charge on any atom is -0.490 e. The van der Waals surface area contributed by atoms with E-state index in [1.54, 1.807) is 11.6 Å². The molecule has 0 spiro atoms. The molecule has 4 aromatic rings. The van der Waals surface area contributed by atoms with Gasteiger partial charge in [0.25, 0.3) is 0 Å². The summed E-state index contributed by atoms with van der Waals surface area (Å²) in [5, 5.41) is 25.0. The molecule has 13 heteroatoms. The Balaban J connectivity index is 1.51. The number of fused-ring (bicyclic) bond motifs is 1. The second kappa shape index (κ2) is 12.9. The summed E-state index contributed by atoms with van der Waals surface area (Å²) in [5.74, 6) is 1.59. The molecule has 1 N–H and O–H groups in total. The highest BCUT2D eigenvalue weighted by molar-refractivity contribution is 8.01. The lowest BCUT2D eigenvalue weighted by molar-refractivity contribution is -0.139. The summed E-state index contributed by atoms with van der Waals surface area (Å²) < 4.78 is 19.7. The average molecular weight is 580 g/mol. The Bertz CT molecular complexity index is 1490. The zero-order valence-corrected chi connectivity index (χ0v) is 24.0. The van der Waals surface area contributed by atoms with Crippen LogP contribution in [0.15, 0.2) is 64.1 Å². The first-order valence-electron chi connectivity index (χ1n) is 13.0. The first kappa shape index (κ1) is 27.6. The maximum Gasteiger partial charge on any atom is 0.338 e. The van der Waals surface area contributed by atoms with E-state index in [1.165, 1.54) is 23.1 Å². The molecule has 0 aliphatic carbocycles. The van der Waals surface area contributed by atoms with E-state index in [9.17, 15) is 4.79 Å². The van der Waals surface area contributed by atoms with Crippen molar-refractivity contribution in [3.8, 4) is 22.1 Å². The van der Waals surface area contributed by atoms with E-state index in [4.69, 9.17) is 14.2 Å². The fraction of sp³-hybridized carbons (Fsp3) is 0.333. The highest BCUT2D eigenvalue weighted by Crippen LogP contribution is 2.40. The number of thioether (sulfide) groups is 1. The van der Waals surface area contributed by atoms with Gasteiger partial charge in [-0.05, 0) is 48.4 Å². The lowest BCUT2D eigenvalue weighted by atomic mass is 9.95. The number of carbonyl (C=O) groups is 1. The molecule has 1 aliphatic rings. The lowest BCUT2D eigenvalue weighted by Crippen LogP contribution is -2.31. The van der Waals surface area contributed by atoms with Gasteiger partial charge in [-0.1, -0.05) is 71.5 Å². The third kappa shape index (κ3) is 5.94. The third-order valence-electron chi connectivity index (χ3n) is 5.91. The summed E-state index contributed by atoms with van der Waals surface area (Å²) in [5.41, 5.74) is 2.81.